The number of para-hydroxylation sites is 2. The van der Waals surface area contributed by atoms with E-state index in [1.54, 1.807) is 4.57 Å². The Morgan fingerprint density at radius 2 is 1.50 bits per heavy atom. The van der Waals surface area contributed by atoms with Gasteiger partial charge in [0.1, 0.15) is 0 Å². The van der Waals surface area contributed by atoms with Crippen LogP contribution in [0.5, 0.6) is 0 Å². The molecule has 0 aliphatic carbocycles. The summed E-state index contributed by atoms with van der Waals surface area (Å²) in [6, 6.07) is 23.9. The number of benzene rings is 2. The highest BCUT2D eigenvalue weighted by Gasteiger charge is 2.17. The minimum absolute atomic E-state index is 0.142. The fourth-order valence-electron chi connectivity index (χ4n) is 3.49. The van der Waals surface area contributed by atoms with Gasteiger partial charge in [-0.2, -0.15) is 0 Å². The molecule has 0 N–H and O–H groups in total. The van der Waals surface area contributed by atoms with Crippen molar-refractivity contribution in [2.45, 2.75) is 0 Å². The van der Waals surface area contributed by atoms with Crippen LogP contribution < -0.4 is 5.56 Å². The van der Waals surface area contributed by atoms with Gasteiger partial charge in [-0.05, 0) is 29.8 Å². The zero-order valence-electron chi connectivity index (χ0n) is 13.9. The lowest BCUT2D eigenvalue weighted by atomic mass is 10.1. The van der Waals surface area contributed by atoms with Gasteiger partial charge in [0.25, 0.3) is 5.56 Å². The molecule has 5 aromatic rings. The molecule has 26 heavy (non-hydrogen) atoms. The minimum Gasteiger partial charge on any atom is -0.321 e. The zero-order chi connectivity index (χ0) is 17.5. The van der Waals surface area contributed by atoms with E-state index < -0.39 is 0 Å². The van der Waals surface area contributed by atoms with Gasteiger partial charge in [-0.25, -0.2) is 4.98 Å². The summed E-state index contributed by atoms with van der Waals surface area (Å²) in [6.07, 6.45) is 5.39. The van der Waals surface area contributed by atoms with Crippen LogP contribution in [0.15, 0.2) is 96.2 Å². The molecule has 0 bridgehead atoms. The van der Waals surface area contributed by atoms with Crippen LogP contribution in [0.25, 0.3) is 33.4 Å². The molecule has 0 spiro atoms. The van der Waals surface area contributed by atoms with Crippen LogP contribution in [0.2, 0.25) is 0 Å². The maximum Gasteiger partial charge on any atom is 0.274 e. The van der Waals surface area contributed by atoms with E-state index in [0.717, 1.165) is 33.4 Å². The summed E-state index contributed by atoms with van der Waals surface area (Å²) in [5.41, 5.74) is 5.47. The number of hydrogen-bond acceptors (Lipinski definition) is 2. The standard InChI is InChI=1S/C22H15N3O/c26-21-14-23-17-10-4-5-11-18(17)25(21)20-15-24-13-7-6-12-19(24)22(20)16-8-2-1-3-9-16/h1-15H. The van der Waals surface area contributed by atoms with Gasteiger partial charge in [-0.15, -0.1) is 0 Å². The molecule has 2 aromatic carbocycles. The average Bonchev–Trinajstić information content (AvgIpc) is 3.07. The quantitative estimate of drug-likeness (QED) is 0.482. The van der Waals surface area contributed by atoms with Crippen LogP contribution in [0.4, 0.5) is 0 Å². The van der Waals surface area contributed by atoms with Gasteiger partial charge in [-0.1, -0.05) is 48.5 Å². The molecule has 5 rings (SSSR count). The molecule has 0 atom stereocenters. The van der Waals surface area contributed by atoms with Gasteiger partial charge in [-0.3, -0.25) is 9.36 Å². The van der Waals surface area contributed by atoms with Crippen molar-refractivity contribution in [2.75, 3.05) is 0 Å². The Morgan fingerprint density at radius 1 is 0.769 bits per heavy atom. The number of hydrogen-bond donors (Lipinski definition) is 0. The second kappa shape index (κ2) is 5.70. The molecule has 0 saturated heterocycles. The summed E-state index contributed by atoms with van der Waals surface area (Å²) in [5.74, 6) is 0. The molecule has 0 unspecified atom stereocenters. The number of rotatable bonds is 2. The smallest absolute Gasteiger partial charge is 0.274 e. The first kappa shape index (κ1) is 14.7. The van der Waals surface area contributed by atoms with Gasteiger partial charge in [0.2, 0.25) is 0 Å². The number of pyridine rings is 1. The van der Waals surface area contributed by atoms with E-state index in [4.69, 9.17) is 0 Å². The lowest BCUT2D eigenvalue weighted by Crippen LogP contribution is -2.18. The van der Waals surface area contributed by atoms with E-state index in [0.29, 0.717) is 0 Å². The van der Waals surface area contributed by atoms with E-state index in [-0.39, 0.29) is 5.56 Å². The van der Waals surface area contributed by atoms with Crippen molar-refractivity contribution in [1.29, 1.82) is 0 Å². The maximum atomic E-state index is 12.8. The molecule has 0 saturated carbocycles. The Morgan fingerprint density at radius 3 is 2.38 bits per heavy atom. The van der Waals surface area contributed by atoms with Crippen molar-refractivity contribution in [3.8, 4) is 16.8 Å². The molecule has 0 aliphatic rings. The van der Waals surface area contributed by atoms with Gasteiger partial charge in [0.05, 0.1) is 28.4 Å². The van der Waals surface area contributed by atoms with Crippen molar-refractivity contribution < 1.29 is 0 Å². The van der Waals surface area contributed by atoms with Gasteiger partial charge >= 0.3 is 0 Å². The highest BCUT2D eigenvalue weighted by atomic mass is 16.1. The van der Waals surface area contributed by atoms with E-state index in [1.165, 1.54) is 6.20 Å². The molecule has 3 aromatic heterocycles. The fourth-order valence-corrected chi connectivity index (χ4v) is 3.49. The second-order valence-corrected chi connectivity index (χ2v) is 6.17. The molecular formula is C22H15N3O. The Labute approximate surface area is 149 Å². The van der Waals surface area contributed by atoms with E-state index in [9.17, 15) is 4.79 Å². The highest BCUT2D eigenvalue weighted by molar-refractivity contribution is 5.90. The van der Waals surface area contributed by atoms with Crippen LogP contribution in [-0.4, -0.2) is 14.0 Å². The molecule has 4 nitrogen and oxygen atoms in total. The third-order valence-corrected chi connectivity index (χ3v) is 4.62. The Balaban J connectivity index is 1.96. The highest BCUT2D eigenvalue weighted by Crippen LogP contribution is 2.33. The zero-order valence-corrected chi connectivity index (χ0v) is 13.9. The number of fused-ring (bicyclic) bond motifs is 2. The third-order valence-electron chi connectivity index (χ3n) is 4.62. The normalized spacial score (nSPS) is 11.2. The van der Waals surface area contributed by atoms with Crippen molar-refractivity contribution in [3.05, 3.63) is 102 Å². The SMILES string of the molecule is O=c1cnc2ccccc2n1-c1cn2ccccc2c1-c1ccccc1. The van der Waals surface area contributed by atoms with Gasteiger partial charge < -0.3 is 4.40 Å². The van der Waals surface area contributed by atoms with E-state index in [1.807, 2.05) is 67.0 Å². The first-order valence-electron chi connectivity index (χ1n) is 8.45. The number of aromatic nitrogens is 3. The van der Waals surface area contributed by atoms with Crippen LogP contribution in [0.1, 0.15) is 0 Å². The molecule has 4 heteroatoms. The van der Waals surface area contributed by atoms with Crippen molar-refractivity contribution in [3.63, 3.8) is 0 Å². The first-order chi connectivity index (χ1) is 12.8. The molecular weight excluding hydrogens is 322 g/mol. The molecule has 0 aliphatic heterocycles. The predicted octanol–water partition coefficient (Wildman–Crippen LogP) is 4.31. The largest absolute Gasteiger partial charge is 0.321 e. The molecule has 124 valence electrons. The van der Waals surface area contributed by atoms with E-state index >= 15 is 0 Å². The molecule has 0 radical (unpaired) electrons. The summed E-state index contributed by atoms with van der Waals surface area (Å²) in [6.45, 7) is 0. The monoisotopic (exact) mass is 337 g/mol. The predicted molar refractivity (Wildman–Crippen MR) is 104 cm³/mol. The summed E-state index contributed by atoms with van der Waals surface area (Å²) < 4.78 is 3.80. The summed E-state index contributed by atoms with van der Waals surface area (Å²) >= 11 is 0. The Hall–Kier alpha value is -3.66. The Kier molecular flexibility index (Phi) is 3.22. The number of nitrogens with zero attached hydrogens (tertiary/aromatic N) is 3. The minimum atomic E-state index is -0.142. The molecule has 0 fully saturated rings. The Bertz CT molecular complexity index is 1300. The van der Waals surface area contributed by atoms with Gasteiger partial charge in [0.15, 0.2) is 0 Å². The maximum absolute atomic E-state index is 12.8. The van der Waals surface area contributed by atoms with Crippen LogP contribution in [-0.2, 0) is 0 Å². The van der Waals surface area contributed by atoms with Crippen molar-refractivity contribution in [2.24, 2.45) is 0 Å². The van der Waals surface area contributed by atoms with Crippen LogP contribution in [0.3, 0.4) is 0 Å². The van der Waals surface area contributed by atoms with Crippen molar-refractivity contribution >= 4 is 16.6 Å². The fraction of sp³-hybridized carbons (Fsp3) is 0. The average molecular weight is 337 g/mol. The second-order valence-electron chi connectivity index (χ2n) is 6.17. The summed E-state index contributed by atoms with van der Waals surface area (Å²) in [4.78, 5) is 17.1. The van der Waals surface area contributed by atoms with Crippen molar-refractivity contribution in [1.82, 2.24) is 14.0 Å². The van der Waals surface area contributed by atoms with Gasteiger partial charge in [0, 0.05) is 18.0 Å². The third kappa shape index (κ3) is 2.16. The summed E-state index contributed by atoms with van der Waals surface area (Å²) in [7, 11) is 0. The topological polar surface area (TPSA) is 39.3 Å². The van der Waals surface area contributed by atoms with E-state index in [2.05, 4.69) is 27.6 Å². The lowest BCUT2D eigenvalue weighted by molar-refractivity contribution is 1.01. The molecule has 3 heterocycles. The summed E-state index contributed by atoms with van der Waals surface area (Å²) in [5, 5.41) is 0. The first-order valence-corrected chi connectivity index (χ1v) is 8.45. The lowest BCUT2D eigenvalue weighted by Gasteiger charge is -2.11. The van der Waals surface area contributed by atoms with Crippen LogP contribution >= 0.6 is 0 Å². The molecule has 0 amide bonds. The van der Waals surface area contributed by atoms with Crippen LogP contribution in [0, 0.1) is 0 Å².